The smallest absolute Gasteiger partial charge is 0.307 e. The molecule has 0 aromatic heterocycles. The first-order chi connectivity index (χ1) is 37.0. The van der Waals surface area contributed by atoms with Crippen molar-refractivity contribution >= 4 is 47.8 Å². The lowest BCUT2D eigenvalue weighted by Gasteiger charge is -2.48. The van der Waals surface area contributed by atoms with E-state index >= 15 is 0 Å². The van der Waals surface area contributed by atoms with Crippen LogP contribution in [0.25, 0.3) is 0 Å². The Hall–Kier alpha value is -4.80. The number of carbonyl (C=O) groups excluding carboxylic acids is 8. The van der Waals surface area contributed by atoms with Gasteiger partial charge < -0.3 is 107 Å². The minimum atomic E-state index is -1.83. The van der Waals surface area contributed by atoms with Crippen molar-refractivity contribution in [2.24, 2.45) is 0 Å². The molecule has 4 saturated heterocycles. The molecule has 20 atom stereocenters. The molecule has 0 spiro atoms. The predicted octanol–water partition coefficient (Wildman–Crippen LogP) is -3.11. The van der Waals surface area contributed by atoms with Crippen molar-refractivity contribution in [3.8, 4) is 0 Å². The molecule has 30 nitrogen and oxygen atoms in total. The summed E-state index contributed by atoms with van der Waals surface area (Å²) in [5.74, 6) is -6.18. The molecule has 0 saturated carbocycles. The average molecular weight is 1130 g/mol. The van der Waals surface area contributed by atoms with E-state index in [0.717, 1.165) is 0 Å². The summed E-state index contributed by atoms with van der Waals surface area (Å²) in [5, 5.41) is 76.5. The third-order valence-corrected chi connectivity index (χ3v) is 12.2. The maximum Gasteiger partial charge on any atom is 0.307 e. The maximum absolute atomic E-state index is 13.0. The molecule has 78 heavy (non-hydrogen) atoms. The molecule has 0 aliphatic carbocycles. The molecule has 9 unspecified atom stereocenters. The summed E-state index contributed by atoms with van der Waals surface area (Å²) < 4.78 is 78.7. The van der Waals surface area contributed by atoms with Crippen molar-refractivity contribution in [2.45, 2.75) is 230 Å². The number of ether oxygens (including phenoxy) is 14. The minimum Gasteiger partial charge on any atom is -0.463 e. The molecule has 4 heterocycles. The van der Waals surface area contributed by atoms with Crippen molar-refractivity contribution in [1.82, 2.24) is 0 Å². The Morgan fingerprint density at radius 1 is 0.321 bits per heavy atom. The fourth-order valence-electron chi connectivity index (χ4n) is 7.72. The SMILES string of the molecule is CCC(=O)OCC1O[C@H](O[C@@H]2C(COC(=O)CC)O[C@@H](OC(=O)CC)C(OC(=O)CC)[C@H]2OC(=O)CC)C(OC(=O)CC)[C@@H](OC(=O)CC)[C@@H]1OC(=O)CC.OCC1O[C@H](O[C@@H]2C(CO)OC(O)C(O)[C@H]2O)C(O)[C@@H](O)[C@@H]1O. The van der Waals surface area contributed by atoms with Crippen LogP contribution in [0.15, 0.2) is 0 Å². The van der Waals surface area contributed by atoms with Gasteiger partial charge in [0.25, 0.3) is 0 Å². The zero-order valence-corrected chi connectivity index (χ0v) is 44.6. The van der Waals surface area contributed by atoms with Gasteiger partial charge in [-0.05, 0) is 0 Å². The Bertz CT molecular complexity index is 1930. The number of hydrogen-bond donors (Lipinski definition) is 8. The second kappa shape index (κ2) is 33.1. The predicted molar refractivity (Wildman–Crippen MR) is 251 cm³/mol. The Morgan fingerprint density at radius 3 is 1.13 bits per heavy atom. The van der Waals surface area contributed by atoms with Crippen molar-refractivity contribution in [3.05, 3.63) is 0 Å². The molecule has 30 heteroatoms. The van der Waals surface area contributed by atoms with Gasteiger partial charge in [0.05, 0.1) is 13.2 Å². The van der Waals surface area contributed by atoms with Gasteiger partial charge in [-0.25, -0.2) is 0 Å². The second-order valence-corrected chi connectivity index (χ2v) is 17.7. The molecule has 0 aromatic carbocycles. The van der Waals surface area contributed by atoms with Crippen LogP contribution in [0.3, 0.4) is 0 Å². The van der Waals surface area contributed by atoms with Gasteiger partial charge in [-0.1, -0.05) is 55.4 Å². The maximum atomic E-state index is 13.0. The first-order valence-electron chi connectivity index (χ1n) is 25.7. The fraction of sp³-hybridized carbons (Fsp3) is 0.833. The average Bonchev–Trinajstić information content (AvgIpc) is 3.47. The highest BCUT2D eigenvalue weighted by Crippen LogP contribution is 2.37. The monoisotopic (exact) mass is 1130 g/mol. The standard InChI is InChI=1S/C36H54O19.C12H22O11/c1-9-21(37)45-17-19-29(49-23(39)11-3)31(50-24(40)12-4)34(53-27(43)15-7)36(48-19)55-30-20(18-46-22(38)10-2)47-35(54-28(44)16-8)33(52-26(42)14-6)32(30)51-25(41)13-5;13-1-3-5(15)6(16)9(19)12(22-3)23-10-4(2-14)21-11(20)8(18)7(10)17/h19-20,29-36H,9-18H2,1-8H3;3-20H,1-2H2/t19?,20?,29-,30-,31+,32+,33?,34?,35+,36-;3?,4?,5-,6+,7-,8?,9?,10-,11?,12-/m11/s1. The molecule has 448 valence electrons. The third kappa shape index (κ3) is 18.6. The number of rotatable bonds is 24. The van der Waals surface area contributed by atoms with Crippen molar-refractivity contribution in [1.29, 1.82) is 0 Å². The van der Waals surface area contributed by atoms with Crippen LogP contribution in [-0.4, -0.2) is 238 Å². The van der Waals surface area contributed by atoms with E-state index < -0.39 is 197 Å². The Balaban J connectivity index is 0.000000574. The van der Waals surface area contributed by atoms with Gasteiger partial charge in [0, 0.05) is 51.4 Å². The molecule has 4 fully saturated rings. The largest absolute Gasteiger partial charge is 0.463 e. The van der Waals surface area contributed by atoms with Crippen LogP contribution in [0, 0.1) is 0 Å². The van der Waals surface area contributed by atoms with E-state index in [9.17, 15) is 74.1 Å². The lowest BCUT2D eigenvalue weighted by atomic mass is 9.95. The molecular formula is C48H76O30. The van der Waals surface area contributed by atoms with Crippen LogP contribution in [-0.2, 0) is 105 Å². The second-order valence-electron chi connectivity index (χ2n) is 17.7. The summed E-state index contributed by atoms with van der Waals surface area (Å²) in [6, 6.07) is 0. The third-order valence-electron chi connectivity index (χ3n) is 12.2. The molecule has 0 aromatic rings. The summed E-state index contributed by atoms with van der Waals surface area (Å²) in [4.78, 5) is 101. The normalized spacial score (nSPS) is 34.6. The van der Waals surface area contributed by atoms with Gasteiger partial charge in [0.2, 0.25) is 12.4 Å². The number of carbonyl (C=O) groups is 8. The van der Waals surface area contributed by atoms with Crippen molar-refractivity contribution < 1.29 is 146 Å². The highest BCUT2D eigenvalue weighted by molar-refractivity contribution is 5.73. The summed E-state index contributed by atoms with van der Waals surface area (Å²) in [6.45, 7) is 9.50. The van der Waals surface area contributed by atoms with E-state index in [4.69, 9.17) is 71.4 Å². The number of aliphatic hydroxyl groups is 8. The number of aliphatic hydroxyl groups excluding tert-OH is 8. The van der Waals surface area contributed by atoms with Crippen molar-refractivity contribution in [3.63, 3.8) is 0 Å². The van der Waals surface area contributed by atoms with E-state index in [2.05, 4.69) is 0 Å². The topological polar surface area (TPSA) is 428 Å². The van der Waals surface area contributed by atoms with Crippen LogP contribution < -0.4 is 0 Å². The highest BCUT2D eigenvalue weighted by Gasteiger charge is 2.59. The van der Waals surface area contributed by atoms with Crippen LogP contribution in [0.4, 0.5) is 0 Å². The van der Waals surface area contributed by atoms with Crippen LogP contribution in [0.1, 0.15) is 107 Å². The van der Waals surface area contributed by atoms with Gasteiger partial charge in [-0.3, -0.25) is 38.4 Å². The lowest BCUT2D eigenvalue weighted by molar-refractivity contribution is -0.358. The molecule has 8 N–H and O–H groups in total. The van der Waals surface area contributed by atoms with Crippen LogP contribution >= 0.6 is 0 Å². The summed E-state index contributed by atoms with van der Waals surface area (Å²) >= 11 is 0. The Morgan fingerprint density at radius 2 is 0.679 bits per heavy atom. The fourth-order valence-corrected chi connectivity index (χ4v) is 7.72. The van der Waals surface area contributed by atoms with E-state index in [-0.39, 0.29) is 51.4 Å². The van der Waals surface area contributed by atoms with Gasteiger partial charge >= 0.3 is 47.8 Å². The Kier molecular flexibility index (Phi) is 28.6. The molecule has 0 bridgehead atoms. The molecule has 4 aliphatic heterocycles. The molecular weight excluding hydrogens is 1060 g/mol. The minimum absolute atomic E-state index is 0.0409. The van der Waals surface area contributed by atoms with Crippen molar-refractivity contribution in [2.75, 3.05) is 26.4 Å². The van der Waals surface area contributed by atoms with Gasteiger partial charge in [0.1, 0.15) is 80.4 Å². The first kappa shape index (κ1) is 67.5. The van der Waals surface area contributed by atoms with E-state index in [1.165, 1.54) is 55.4 Å². The van der Waals surface area contributed by atoms with Gasteiger partial charge in [-0.2, -0.15) is 0 Å². The first-order valence-corrected chi connectivity index (χ1v) is 25.7. The molecule has 4 rings (SSSR count). The van der Waals surface area contributed by atoms with Gasteiger partial charge in [-0.15, -0.1) is 0 Å². The number of esters is 8. The molecule has 4 aliphatic rings. The van der Waals surface area contributed by atoms with Gasteiger partial charge in [0.15, 0.2) is 43.3 Å². The van der Waals surface area contributed by atoms with E-state index in [1.54, 1.807) is 0 Å². The quantitative estimate of drug-likeness (QED) is 0.0350. The van der Waals surface area contributed by atoms with Crippen LogP contribution in [0.5, 0.6) is 0 Å². The Labute approximate surface area is 448 Å². The summed E-state index contributed by atoms with van der Waals surface area (Å²) in [5.41, 5.74) is 0. The molecule has 0 amide bonds. The highest BCUT2D eigenvalue weighted by atomic mass is 16.8. The zero-order valence-electron chi connectivity index (χ0n) is 44.6. The lowest BCUT2D eigenvalue weighted by Crippen LogP contribution is -2.67. The van der Waals surface area contributed by atoms with Crippen LogP contribution in [0.2, 0.25) is 0 Å². The summed E-state index contributed by atoms with van der Waals surface area (Å²) in [6.07, 6.45) is -32.9. The number of hydrogen-bond acceptors (Lipinski definition) is 30. The zero-order chi connectivity index (χ0) is 58.6. The van der Waals surface area contributed by atoms with E-state index in [0.29, 0.717) is 0 Å². The molecule has 0 radical (unpaired) electrons. The summed E-state index contributed by atoms with van der Waals surface area (Å²) in [7, 11) is 0. The van der Waals surface area contributed by atoms with E-state index in [1.807, 2.05) is 0 Å².